The van der Waals surface area contributed by atoms with E-state index in [2.05, 4.69) is 11.2 Å². The van der Waals surface area contributed by atoms with Gasteiger partial charge in [-0.1, -0.05) is 38.0 Å². The number of benzene rings is 1. The molecule has 0 saturated heterocycles. The maximum atomic E-state index is 12.7. The van der Waals surface area contributed by atoms with E-state index in [-0.39, 0.29) is 6.54 Å². The first-order valence-electron chi connectivity index (χ1n) is 6.80. The van der Waals surface area contributed by atoms with Crippen molar-refractivity contribution in [3.63, 3.8) is 0 Å². The normalized spacial score (nSPS) is 11.5. The summed E-state index contributed by atoms with van der Waals surface area (Å²) in [5.41, 5.74) is 0.771. The molecule has 0 heterocycles. The zero-order chi connectivity index (χ0) is 15.0. The van der Waals surface area contributed by atoms with Gasteiger partial charge in [-0.15, -0.1) is 6.42 Å². The van der Waals surface area contributed by atoms with Crippen molar-refractivity contribution in [2.24, 2.45) is 0 Å². The van der Waals surface area contributed by atoms with Gasteiger partial charge in [0.25, 0.3) is 0 Å². The van der Waals surface area contributed by atoms with Crippen LogP contribution in [0.15, 0.2) is 29.2 Å². The molecule has 4 nitrogen and oxygen atoms in total. The molecule has 0 saturated carbocycles. The predicted octanol–water partition coefficient (Wildman–Crippen LogP) is 1.83. The van der Waals surface area contributed by atoms with E-state index in [1.54, 1.807) is 12.1 Å². The first-order chi connectivity index (χ1) is 9.57. The Labute approximate surface area is 122 Å². The second kappa shape index (κ2) is 8.05. The van der Waals surface area contributed by atoms with Crippen LogP contribution in [0.5, 0.6) is 0 Å². The van der Waals surface area contributed by atoms with E-state index in [0.717, 1.165) is 18.5 Å². The van der Waals surface area contributed by atoms with Crippen molar-refractivity contribution in [3.05, 3.63) is 29.8 Å². The topological polar surface area (TPSA) is 49.4 Å². The Morgan fingerprint density at radius 1 is 1.30 bits per heavy atom. The molecule has 0 fully saturated rings. The van der Waals surface area contributed by atoms with Crippen molar-refractivity contribution in [3.8, 4) is 12.3 Å². The van der Waals surface area contributed by atoms with Crippen LogP contribution in [0.1, 0.15) is 25.8 Å². The molecule has 0 aromatic heterocycles. The molecule has 0 spiro atoms. The summed E-state index contributed by atoms with van der Waals surface area (Å²) >= 11 is 0. The minimum atomic E-state index is -3.54. The minimum absolute atomic E-state index is 0.103. The van der Waals surface area contributed by atoms with Gasteiger partial charge in [0.05, 0.1) is 11.4 Å². The number of rotatable bonds is 8. The Morgan fingerprint density at radius 2 is 2.00 bits per heavy atom. The summed E-state index contributed by atoms with van der Waals surface area (Å²) in [6, 6.07) is 7.05. The third-order valence-corrected chi connectivity index (χ3v) is 4.84. The summed E-state index contributed by atoms with van der Waals surface area (Å²) < 4.78 is 26.8. The smallest absolute Gasteiger partial charge is 0.244 e. The van der Waals surface area contributed by atoms with Crippen molar-refractivity contribution in [1.29, 1.82) is 0 Å². The number of hydrogen-bond donors (Lipinski definition) is 1. The Morgan fingerprint density at radius 3 is 2.60 bits per heavy atom. The van der Waals surface area contributed by atoms with Crippen molar-refractivity contribution >= 4 is 10.0 Å². The van der Waals surface area contributed by atoms with Crippen LogP contribution in [-0.4, -0.2) is 32.4 Å². The van der Waals surface area contributed by atoms with Crippen LogP contribution in [0.25, 0.3) is 0 Å². The largest absolute Gasteiger partial charge is 0.313 e. The zero-order valence-electron chi connectivity index (χ0n) is 12.1. The molecule has 0 amide bonds. The van der Waals surface area contributed by atoms with E-state index in [0.29, 0.717) is 18.0 Å². The number of terminal acetylenes is 1. The fraction of sp³-hybridized carbons (Fsp3) is 0.467. The molecule has 0 unspecified atom stereocenters. The Bertz CT molecular complexity index is 561. The van der Waals surface area contributed by atoms with Crippen LogP contribution in [0.2, 0.25) is 0 Å². The number of sulfonamides is 1. The molecule has 0 bridgehead atoms. The quantitative estimate of drug-likeness (QED) is 0.744. The maximum absolute atomic E-state index is 12.7. The molecule has 0 aliphatic heterocycles. The minimum Gasteiger partial charge on any atom is -0.313 e. The molecule has 0 atom stereocenters. The average molecular weight is 294 g/mol. The molecule has 1 N–H and O–H groups in total. The third kappa shape index (κ3) is 4.07. The summed E-state index contributed by atoms with van der Waals surface area (Å²) in [6.07, 6.45) is 6.02. The molecule has 0 aliphatic carbocycles. The highest BCUT2D eigenvalue weighted by atomic mass is 32.2. The summed E-state index contributed by atoms with van der Waals surface area (Å²) in [5.74, 6) is 2.42. The van der Waals surface area contributed by atoms with Gasteiger partial charge in [-0.3, -0.25) is 0 Å². The van der Waals surface area contributed by atoms with Gasteiger partial charge in [-0.2, -0.15) is 4.31 Å². The molecule has 0 aliphatic rings. The predicted molar refractivity (Wildman–Crippen MR) is 81.7 cm³/mol. The lowest BCUT2D eigenvalue weighted by Gasteiger charge is -2.21. The fourth-order valence-electron chi connectivity index (χ4n) is 1.94. The van der Waals surface area contributed by atoms with E-state index in [4.69, 9.17) is 6.42 Å². The average Bonchev–Trinajstić information content (AvgIpc) is 2.45. The van der Waals surface area contributed by atoms with E-state index < -0.39 is 10.0 Å². The summed E-state index contributed by atoms with van der Waals surface area (Å²) in [7, 11) is -3.54. The van der Waals surface area contributed by atoms with Crippen LogP contribution in [-0.2, 0) is 16.6 Å². The molecule has 1 aromatic carbocycles. The Balaban J connectivity index is 3.16. The lowest BCUT2D eigenvalue weighted by Crippen LogP contribution is -2.33. The van der Waals surface area contributed by atoms with Gasteiger partial charge in [-0.25, -0.2) is 8.42 Å². The Kier molecular flexibility index (Phi) is 6.73. The third-order valence-electron chi connectivity index (χ3n) is 2.90. The maximum Gasteiger partial charge on any atom is 0.244 e. The summed E-state index contributed by atoms with van der Waals surface area (Å²) in [4.78, 5) is 0.338. The molecule has 1 rings (SSSR count). The van der Waals surface area contributed by atoms with Gasteiger partial charge in [0.1, 0.15) is 0 Å². The van der Waals surface area contributed by atoms with Crippen molar-refractivity contribution in [2.75, 3.05) is 19.6 Å². The van der Waals surface area contributed by atoms with E-state index in [1.165, 1.54) is 4.31 Å². The molecule has 20 heavy (non-hydrogen) atoms. The second-order valence-corrected chi connectivity index (χ2v) is 6.34. The molecule has 5 heteroatoms. The van der Waals surface area contributed by atoms with Gasteiger partial charge in [0.15, 0.2) is 0 Å². The van der Waals surface area contributed by atoms with E-state index in [9.17, 15) is 8.42 Å². The number of nitrogens with zero attached hydrogens (tertiary/aromatic N) is 1. The van der Waals surface area contributed by atoms with Crippen molar-refractivity contribution in [1.82, 2.24) is 9.62 Å². The highest BCUT2D eigenvalue weighted by molar-refractivity contribution is 7.89. The van der Waals surface area contributed by atoms with Crippen LogP contribution < -0.4 is 5.32 Å². The van der Waals surface area contributed by atoms with Crippen molar-refractivity contribution in [2.45, 2.75) is 31.7 Å². The van der Waals surface area contributed by atoms with Crippen LogP contribution in [0, 0.1) is 12.3 Å². The summed E-state index contributed by atoms with van der Waals surface area (Å²) in [6.45, 7) is 5.77. The van der Waals surface area contributed by atoms with Crippen molar-refractivity contribution < 1.29 is 8.42 Å². The Hall–Kier alpha value is -1.35. The second-order valence-electron chi connectivity index (χ2n) is 4.43. The number of nitrogens with one attached hydrogen (secondary N) is 1. The van der Waals surface area contributed by atoms with Gasteiger partial charge in [0.2, 0.25) is 10.0 Å². The van der Waals surface area contributed by atoms with Gasteiger partial charge >= 0.3 is 0 Å². The molecular weight excluding hydrogens is 272 g/mol. The molecule has 1 aromatic rings. The monoisotopic (exact) mass is 294 g/mol. The van der Waals surface area contributed by atoms with E-state index >= 15 is 0 Å². The van der Waals surface area contributed by atoms with Gasteiger partial charge < -0.3 is 5.32 Å². The lowest BCUT2D eigenvalue weighted by atomic mass is 10.2. The number of hydrogen-bond acceptors (Lipinski definition) is 3. The van der Waals surface area contributed by atoms with Gasteiger partial charge in [0, 0.05) is 13.1 Å². The first kappa shape index (κ1) is 16.7. The molecular formula is C15H22N2O2S. The fourth-order valence-corrected chi connectivity index (χ4v) is 3.60. The van der Waals surface area contributed by atoms with Crippen LogP contribution in [0.3, 0.4) is 0 Å². The van der Waals surface area contributed by atoms with Gasteiger partial charge in [-0.05, 0) is 24.6 Å². The highest BCUT2D eigenvalue weighted by Gasteiger charge is 2.25. The van der Waals surface area contributed by atoms with E-state index in [1.807, 2.05) is 26.0 Å². The first-order valence-corrected chi connectivity index (χ1v) is 8.24. The SMILES string of the molecule is C#CCN(CCC)S(=O)(=O)c1ccccc1CNCC. The molecule has 110 valence electrons. The van der Waals surface area contributed by atoms with Crippen LogP contribution in [0.4, 0.5) is 0 Å². The molecule has 0 radical (unpaired) electrons. The summed E-state index contributed by atoms with van der Waals surface area (Å²) in [5, 5.41) is 3.16. The zero-order valence-corrected chi connectivity index (χ0v) is 12.9. The lowest BCUT2D eigenvalue weighted by molar-refractivity contribution is 0.444. The standard InChI is InChI=1S/C15H22N2O2S/c1-4-11-17(12-5-2)20(18,19)15-10-8-7-9-14(15)13-16-6-3/h1,7-10,16H,5-6,11-13H2,2-3H3. The highest BCUT2D eigenvalue weighted by Crippen LogP contribution is 2.20. The van der Waals surface area contributed by atoms with Crippen LogP contribution >= 0.6 is 0 Å².